The number of hydrogen-bond donors (Lipinski definition) is 1. The molecule has 0 aliphatic heterocycles. The zero-order chi connectivity index (χ0) is 13.1. The third-order valence-electron chi connectivity index (χ3n) is 2.30. The lowest BCUT2D eigenvalue weighted by atomic mass is 10.2. The molecule has 2 aromatic heterocycles. The Morgan fingerprint density at radius 2 is 2.11 bits per heavy atom. The van der Waals surface area contributed by atoms with E-state index in [2.05, 4.69) is 9.97 Å². The summed E-state index contributed by atoms with van der Waals surface area (Å²) in [6.07, 6.45) is 3.02. The van der Waals surface area contributed by atoms with Gasteiger partial charge in [-0.05, 0) is 37.6 Å². The first-order valence-corrected chi connectivity index (χ1v) is 6.18. The quantitative estimate of drug-likeness (QED) is 0.919. The minimum atomic E-state index is -0.954. The summed E-state index contributed by atoms with van der Waals surface area (Å²) in [5.74, 6) is -0.954. The first kappa shape index (κ1) is 12.6. The summed E-state index contributed by atoms with van der Waals surface area (Å²) in [4.78, 5) is 20.0. The molecule has 92 valence electrons. The van der Waals surface area contributed by atoms with Crippen molar-refractivity contribution in [2.45, 2.75) is 23.8 Å². The zero-order valence-electron chi connectivity index (χ0n) is 10.0. The number of pyridine rings is 2. The molecule has 0 aromatic carbocycles. The number of nitrogens with zero attached hydrogens (tertiary/aromatic N) is 2. The second-order valence-corrected chi connectivity index (χ2v) is 4.97. The number of rotatable bonds is 3. The standard InChI is InChI=1S/C13H12N2O2S/c1-8-5-9(2)15-12(6-8)18-11-7-14-4-3-10(11)13(16)17/h3-7H,1-2H3,(H,16,17). The summed E-state index contributed by atoms with van der Waals surface area (Å²) >= 11 is 1.32. The molecule has 2 heterocycles. The molecule has 0 atom stereocenters. The topological polar surface area (TPSA) is 63.1 Å². The maximum atomic E-state index is 11.1. The van der Waals surface area contributed by atoms with Crippen LogP contribution in [0.15, 0.2) is 40.5 Å². The lowest BCUT2D eigenvalue weighted by molar-refractivity contribution is 0.0693. The number of aryl methyl sites for hydroxylation is 2. The molecule has 0 spiro atoms. The van der Waals surface area contributed by atoms with Gasteiger partial charge in [0.1, 0.15) is 5.03 Å². The van der Waals surface area contributed by atoms with Gasteiger partial charge in [0.2, 0.25) is 0 Å². The van der Waals surface area contributed by atoms with Crippen LogP contribution in [-0.2, 0) is 0 Å². The van der Waals surface area contributed by atoms with Crippen molar-refractivity contribution in [1.29, 1.82) is 0 Å². The normalized spacial score (nSPS) is 10.3. The Bertz CT molecular complexity index is 579. The minimum absolute atomic E-state index is 0.246. The fourth-order valence-electron chi connectivity index (χ4n) is 1.61. The van der Waals surface area contributed by atoms with E-state index in [1.807, 2.05) is 26.0 Å². The summed E-state index contributed by atoms with van der Waals surface area (Å²) in [6.45, 7) is 3.90. The van der Waals surface area contributed by atoms with Gasteiger partial charge in [-0.2, -0.15) is 0 Å². The molecule has 5 heteroatoms. The predicted molar refractivity (Wildman–Crippen MR) is 69.0 cm³/mol. The van der Waals surface area contributed by atoms with Gasteiger partial charge in [-0.25, -0.2) is 9.78 Å². The van der Waals surface area contributed by atoms with E-state index in [1.54, 1.807) is 6.20 Å². The third kappa shape index (κ3) is 2.87. The van der Waals surface area contributed by atoms with E-state index < -0.39 is 5.97 Å². The SMILES string of the molecule is Cc1cc(C)nc(Sc2cnccc2C(=O)O)c1. The van der Waals surface area contributed by atoms with Crippen molar-refractivity contribution in [2.24, 2.45) is 0 Å². The average Bonchev–Trinajstić information content (AvgIpc) is 2.27. The van der Waals surface area contributed by atoms with Crippen molar-refractivity contribution in [3.63, 3.8) is 0 Å². The monoisotopic (exact) mass is 260 g/mol. The molecule has 0 unspecified atom stereocenters. The lowest BCUT2D eigenvalue weighted by Crippen LogP contribution is -1.99. The van der Waals surface area contributed by atoms with Crippen LogP contribution in [0.25, 0.3) is 0 Å². The number of carbonyl (C=O) groups is 1. The van der Waals surface area contributed by atoms with Crippen molar-refractivity contribution in [3.8, 4) is 0 Å². The van der Waals surface area contributed by atoms with E-state index in [4.69, 9.17) is 5.11 Å². The summed E-state index contributed by atoms with van der Waals surface area (Å²) in [5, 5.41) is 9.87. The highest BCUT2D eigenvalue weighted by molar-refractivity contribution is 7.99. The molecular formula is C13H12N2O2S. The molecule has 0 radical (unpaired) electrons. The van der Waals surface area contributed by atoms with Gasteiger partial charge in [0.25, 0.3) is 0 Å². The highest BCUT2D eigenvalue weighted by Gasteiger charge is 2.11. The van der Waals surface area contributed by atoms with Gasteiger partial charge in [-0.15, -0.1) is 0 Å². The number of hydrogen-bond acceptors (Lipinski definition) is 4. The molecule has 0 aliphatic rings. The molecule has 2 rings (SSSR count). The molecule has 0 amide bonds. The van der Waals surface area contributed by atoms with Gasteiger partial charge in [0, 0.05) is 23.0 Å². The number of carboxylic acids is 1. The van der Waals surface area contributed by atoms with Gasteiger partial charge in [-0.3, -0.25) is 4.98 Å². The largest absolute Gasteiger partial charge is 0.478 e. The summed E-state index contributed by atoms with van der Waals surface area (Å²) in [5.41, 5.74) is 2.26. The van der Waals surface area contributed by atoms with Gasteiger partial charge in [-0.1, -0.05) is 11.8 Å². The molecule has 0 fully saturated rings. The van der Waals surface area contributed by atoms with Crippen LogP contribution >= 0.6 is 11.8 Å². The van der Waals surface area contributed by atoms with E-state index in [1.165, 1.54) is 24.0 Å². The maximum Gasteiger partial charge on any atom is 0.336 e. The molecule has 0 bridgehead atoms. The first-order valence-electron chi connectivity index (χ1n) is 5.36. The fourth-order valence-corrected chi connectivity index (χ4v) is 2.65. The van der Waals surface area contributed by atoms with E-state index in [0.29, 0.717) is 4.90 Å². The highest BCUT2D eigenvalue weighted by atomic mass is 32.2. The molecule has 0 aliphatic carbocycles. The Balaban J connectivity index is 2.37. The van der Waals surface area contributed by atoms with E-state index in [0.717, 1.165) is 16.3 Å². The smallest absolute Gasteiger partial charge is 0.336 e. The van der Waals surface area contributed by atoms with Crippen LogP contribution in [0, 0.1) is 13.8 Å². The van der Waals surface area contributed by atoms with Crippen molar-refractivity contribution >= 4 is 17.7 Å². The van der Waals surface area contributed by atoms with E-state index in [9.17, 15) is 4.79 Å². The van der Waals surface area contributed by atoms with Crippen molar-refractivity contribution in [3.05, 3.63) is 47.4 Å². The van der Waals surface area contributed by atoms with E-state index in [-0.39, 0.29) is 5.56 Å². The molecule has 1 N–H and O–H groups in total. The number of carboxylic acid groups (broad SMARTS) is 1. The maximum absolute atomic E-state index is 11.1. The predicted octanol–water partition coefficient (Wildman–Crippen LogP) is 2.94. The molecule has 18 heavy (non-hydrogen) atoms. The van der Waals surface area contributed by atoms with Crippen LogP contribution in [0.4, 0.5) is 0 Å². The Morgan fingerprint density at radius 1 is 1.33 bits per heavy atom. The molecule has 4 nitrogen and oxygen atoms in total. The van der Waals surface area contributed by atoms with E-state index >= 15 is 0 Å². The first-order chi connectivity index (χ1) is 8.56. The Morgan fingerprint density at radius 3 is 2.78 bits per heavy atom. The van der Waals surface area contributed by atoms with Gasteiger partial charge in [0.05, 0.1) is 5.56 Å². The average molecular weight is 260 g/mol. The Labute approximate surface area is 109 Å². The van der Waals surface area contributed by atoms with Crippen molar-refractivity contribution in [2.75, 3.05) is 0 Å². The molecular weight excluding hydrogens is 248 g/mol. The second-order valence-electron chi connectivity index (χ2n) is 3.90. The van der Waals surface area contributed by atoms with Gasteiger partial charge >= 0.3 is 5.97 Å². The summed E-state index contributed by atoms with van der Waals surface area (Å²) in [6, 6.07) is 5.40. The van der Waals surface area contributed by atoms with Crippen molar-refractivity contribution in [1.82, 2.24) is 9.97 Å². The molecule has 0 saturated carbocycles. The lowest BCUT2D eigenvalue weighted by Gasteiger charge is -2.06. The van der Waals surface area contributed by atoms with Gasteiger partial charge < -0.3 is 5.11 Å². The van der Waals surface area contributed by atoms with Crippen LogP contribution in [0.3, 0.4) is 0 Å². The molecule has 2 aromatic rings. The fraction of sp³-hybridized carbons (Fsp3) is 0.154. The van der Waals surface area contributed by atoms with Crippen LogP contribution in [0.1, 0.15) is 21.6 Å². The Kier molecular flexibility index (Phi) is 3.62. The van der Waals surface area contributed by atoms with Crippen LogP contribution in [-0.4, -0.2) is 21.0 Å². The summed E-state index contributed by atoms with van der Waals surface area (Å²) in [7, 11) is 0. The van der Waals surface area contributed by atoms with Crippen LogP contribution in [0.5, 0.6) is 0 Å². The highest BCUT2D eigenvalue weighted by Crippen LogP contribution is 2.29. The number of aromatic carboxylic acids is 1. The van der Waals surface area contributed by atoms with Crippen LogP contribution < -0.4 is 0 Å². The minimum Gasteiger partial charge on any atom is -0.478 e. The molecule has 0 saturated heterocycles. The third-order valence-corrected chi connectivity index (χ3v) is 3.27. The van der Waals surface area contributed by atoms with Crippen LogP contribution in [0.2, 0.25) is 0 Å². The Hall–Kier alpha value is -1.88. The zero-order valence-corrected chi connectivity index (χ0v) is 10.9. The summed E-state index contributed by atoms with van der Waals surface area (Å²) < 4.78 is 0. The second kappa shape index (κ2) is 5.18. The van der Waals surface area contributed by atoms with Gasteiger partial charge in [0.15, 0.2) is 0 Å². The number of aromatic nitrogens is 2. The van der Waals surface area contributed by atoms with Crippen molar-refractivity contribution < 1.29 is 9.90 Å².